The van der Waals surface area contributed by atoms with Gasteiger partial charge in [0.2, 0.25) is 0 Å². The van der Waals surface area contributed by atoms with Crippen molar-refractivity contribution in [3.63, 3.8) is 0 Å². The fourth-order valence-corrected chi connectivity index (χ4v) is 3.35. The highest BCUT2D eigenvalue weighted by molar-refractivity contribution is 6.32. The van der Waals surface area contributed by atoms with Crippen LogP contribution < -0.4 is 4.74 Å². The van der Waals surface area contributed by atoms with Gasteiger partial charge in [-0.05, 0) is 51.5 Å². The number of carbonyl (C=O) groups excluding carboxylic acids is 1. The fraction of sp³-hybridized carbons (Fsp3) is 0.381. The quantitative estimate of drug-likeness (QED) is 0.585. The lowest BCUT2D eigenvalue weighted by Crippen LogP contribution is -2.27. The lowest BCUT2D eigenvalue weighted by molar-refractivity contribution is 0.0776. The first-order valence-electron chi connectivity index (χ1n) is 9.51. The Morgan fingerprint density at radius 3 is 2.66 bits per heavy atom. The Morgan fingerprint density at radius 2 is 1.97 bits per heavy atom. The maximum Gasteiger partial charge on any atom is 0.274 e. The van der Waals surface area contributed by atoms with Gasteiger partial charge in [0.15, 0.2) is 12.4 Å². The molecule has 0 aliphatic rings. The molecule has 2 heterocycles. The van der Waals surface area contributed by atoms with Crippen LogP contribution in [-0.4, -0.2) is 37.4 Å². The number of carbonyl (C=O) groups is 1. The van der Waals surface area contributed by atoms with Crippen molar-refractivity contribution in [3.05, 3.63) is 63.7 Å². The van der Waals surface area contributed by atoms with Gasteiger partial charge in [-0.25, -0.2) is 4.68 Å². The van der Waals surface area contributed by atoms with Crippen molar-refractivity contribution in [2.75, 3.05) is 7.05 Å². The Bertz CT molecular complexity index is 1020. The van der Waals surface area contributed by atoms with Crippen LogP contribution in [-0.2, 0) is 19.8 Å². The van der Waals surface area contributed by atoms with E-state index in [0.29, 0.717) is 23.0 Å². The summed E-state index contributed by atoms with van der Waals surface area (Å²) in [6, 6.07) is 7.27. The van der Waals surface area contributed by atoms with E-state index in [4.69, 9.17) is 16.3 Å². The first kappa shape index (κ1) is 20.9. The first-order valence-corrected chi connectivity index (χ1v) is 9.88. The van der Waals surface area contributed by atoms with E-state index in [1.807, 2.05) is 37.6 Å². The monoisotopic (exact) mass is 415 g/mol. The Balaban J connectivity index is 1.65. The lowest BCUT2D eigenvalue weighted by atomic mass is 10.2. The first-order chi connectivity index (χ1) is 13.8. The second-order valence-electron chi connectivity index (χ2n) is 7.07. The average Bonchev–Trinajstić information content (AvgIpc) is 3.27. The van der Waals surface area contributed by atoms with Gasteiger partial charge >= 0.3 is 0 Å². The molecule has 0 bridgehead atoms. The van der Waals surface area contributed by atoms with Gasteiger partial charge in [0.1, 0.15) is 5.75 Å². The molecule has 3 rings (SSSR count). The van der Waals surface area contributed by atoms with Gasteiger partial charge in [-0.15, -0.1) is 0 Å². The van der Waals surface area contributed by atoms with Gasteiger partial charge in [0.05, 0.1) is 10.7 Å². The Labute approximate surface area is 175 Å². The second-order valence-corrected chi connectivity index (χ2v) is 7.48. The van der Waals surface area contributed by atoms with Crippen LogP contribution in [0, 0.1) is 20.8 Å². The highest BCUT2D eigenvalue weighted by Crippen LogP contribution is 2.25. The van der Waals surface area contributed by atoms with Gasteiger partial charge < -0.3 is 9.64 Å². The molecule has 0 radical (unpaired) electrons. The maximum atomic E-state index is 12.8. The van der Waals surface area contributed by atoms with Crippen molar-refractivity contribution >= 4 is 17.5 Å². The zero-order valence-electron chi connectivity index (χ0n) is 17.4. The van der Waals surface area contributed by atoms with E-state index >= 15 is 0 Å². The van der Waals surface area contributed by atoms with E-state index < -0.39 is 0 Å². The summed E-state index contributed by atoms with van der Waals surface area (Å²) in [5, 5.41) is 9.40. The van der Waals surface area contributed by atoms with Crippen LogP contribution in [0.5, 0.6) is 5.75 Å². The summed E-state index contributed by atoms with van der Waals surface area (Å²) in [6.07, 6.45) is 1.72. The van der Waals surface area contributed by atoms with Crippen molar-refractivity contribution in [2.45, 2.75) is 47.5 Å². The van der Waals surface area contributed by atoms with E-state index in [-0.39, 0.29) is 12.6 Å². The zero-order chi connectivity index (χ0) is 21.1. The SMILES string of the molecule is CCn1nc(C)c(CN(C)C(=O)c2ccn(COc3cc(C)ccc3Cl)n2)c1C. The summed E-state index contributed by atoms with van der Waals surface area (Å²) < 4.78 is 9.26. The number of hydrogen-bond donors (Lipinski definition) is 0. The highest BCUT2D eigenvalue weighted by atomic mass is 35.5. The van der Waals surface area contributed by atoms with E-state index in [2.05, 4.69) is 17.1 Å². The van der Waals surface area contributed by atoms with E-state index in [1.54, 1.807) is 35.0 Å². The number of nitrogens with zero attached hydrogens (tertiary/aromatic N) is 5. The van der Waals surface area contributed by atoms with Crippen LogP contribution in [0.2, 0.25) is 5.02 Å². The minimum atomic E-state index is -0.152. The third-order valence-corrected chi connectivity index (χ3v) is 5.18. The summed E-state index contributed by atoms with van der Waals surface area (Å²) in [4.78, 5) is 14.4. The fourth-order valence-electron chi connectivity index (χ4n) is 3.18. The lowest BCUT2D eigenvalue weighted by Gasteiger charge is -2.16. The molecule has 2 aromatic heterocycles. The topological polar surface area (TPSA) is 65.2 Å². The van der Waals surface area contributed by atoms with Crippen LogP contribution in [0.4, 0.5) is 0 Å². The number of hydrogen-bond acceptors (Lipinski definition) is 4. The molecule has 0 saturated carbocycles. The molecule has 0 fully saturated rings. The Hall–Kier alpha value is -2.80. The average molecular weight is 416 g/mol. The number of ether oxygens (including phenoxy) is 1. The van der Waals surface area contributed by atoms with Crippen molar-refractivity contribution in [1.82, 2.24) is 24.5 Å². The summed E-state index contributed by atoms with van der Waals surface area (Å²) in [5.74, 6) is 0.437. The molecule has 0 saturated heterocycles. The van der Waals surface area contributed by atoms with Gasteiger partial charge in [0, 0.05) is 37.6 Å². The molecule has 1 aromatic carbocycles. The smallest absolute Gasteiger partial charge is 0.274 e. The number of aryl methyl sites for hydroxylation is 3. The summed E-state index contributed by atoms with van der Waals surface area (Å²) in [7, 11) is 1.77. The minimum absolute atomic E-state index is 0.152. The minimum Gasteiger partial charge on any atom is -0.470 e. The van der Waals surface area contributed by atoms with E-state index in [0.717, 1.165) is 29.1 Å². The number of benzene rings is 1. The number of halogens is 1. The van der Waals surface area contributed by atoms with Gasteiger partial charge in [-0.3, -0.25) is 9.48 Å². The van der Waals surface area contributed by atoms with E-state index in [1.165, 1.54) is 0 Å². The van der Waals surface area contributed by atoms with Crippen LogP contribution in [0.1, 0.15) is 39.9 Å². The molecule has 0 N–H and O–H groups in total. The molecular formula is C21H26ClN5O2. The van der Waals surface area contributed by atoms with Crippen LogP contribution >= 0.6 is 11.6 Å². The molecule has 0 unspecified atom stereocenters. The Morgan fingerprint density at radius 1 is 1.21 bits per heavy atom. The molecule has 3 aromatic rings. The summed E-state index contributed by atoms with van der Waals surface area (Å²) >= 11 is 6.15. The normalized spacial score (nSPS) is 11.0. The molecule has 8 heteroatoms. The molecular weight excluding hydrogens is 390 g/mol. The molecule has 0 aliphatic carbocycles. The molecule has 7 nitrogen and oxygen atoms in total. The molecule has 1 amide bonds. The second kappa shape index (κ2) is 8.69. The van der Waals surface area contributed by atoms with Crippen LogP contribution in [0.25, 0.3) is 0 Å². The van der Waals surface area contributed by atoms with Crippen LogP contribution in [0.3, 0.4) is 0 Å². The van der Waals surface area contributed by atoms with Gasteiger partial charge in [-0.1, -0.05) is 17.7 Å². The zero-order valence-corrected chi connectivity index (χ0v) is 18.2. The largest absolute Gasteiger partial charge is 0.470 e. The summed E-state index contributed by atoms with van der Waals surface area (Å²) in [5.41, 5.74) is 4.51. The Kier molecular flexibility index (Phi) is 6.27. The molecule has 0 aliphatic heterocycles. The third kappa shape index (κ3) is 4.62. The van der Waals surface area contributed by atoms with Crippen LogP contribution in [0.15, 0.2) is 30.5 Å². The number of rotatable bonds is 7. The molecule has 29 heavy (non-hydrogen) atoms. The molecule has 0 atom stereocenters. The standard InChI is InChI=1S/C21H26ClN5O2/c1-6-27-16(4)17(15(3)23-27)12-25(5)21(28)19-9-10-26(24-19)13-29-20-11-14(2)7-8-18(20)22/h7-11H,6,12-13H2,1-5H3. The predicted molar refractivity (Wildman–Crippen MR) is 112 cm³/mol. The number of aromatic nitrogens is 4. The predicted octanol–water partition coefficient (Wildman–Crippen LogP) is 3.99. The van der Waals surface area contributed by atoms with Crippen molar-refractivity contribution in [3.8, 4) is 5.75 Å². The van der Waals surface area contributed by atoms with Crippen molar-refractivity contribution in [1.29, 1.82) is 0 Å². The highest BCUT2D eigenvalue weighted by Gasteiger charge is 2.19. The van der Waals surface area contributed by atoms with Gasteiger partial charge in [-0.2, -0.15) is 10.2 Å². The van der Waals surface area contributed by atoms with Gasteiger partial charge in [0.25, 0.3) is 5.91 Å². The third-order valence-electron chi connectivity index (χ3n) is 4.87. The van der Waals surface area contributed by atoms with Crippen molar-refractivity contribution in [2.24, 2.45) is 0 Å². The summed E-state index contributed by atoms with van der Waals surface area (Å²) in [6.45, 7) is 9.48. The molecule has 0 spiro atoms. The number of amides is 1. The molecule has 154 valence electrons. The maximum absolute atomic E-state index is 12.8. The van der Waals surface area contributed by atoms with E-state index in [9.17, 15) is 4.79 Å². The van der Waals surface area contributed by atoms with Crippen molar-refractivity contribution < 1.29 is 9.53 Å².